The molecular formula is C16H26N4O2. The third-order valence-corrected chi connectivity index (χ3v) is 4.55. The molecule has 3 rings (SSSR count). The van der Waals surface area contributed by atoms with Crippen molar-refractivity contribution in [3.8, 4) is 0 Å². The maximum Gasteiger partial charge on any atom is 0.150 e. The van der Waals surface area contributed by atoms with Gasteiger partial charge in [0.25, 0.3) is 0 Å². The Bertz CT molecular complexity index is 465. The summed E-state index contributed by atoms with van der Waals surface area (Å²) in [4.78, 5) is 11.8. The topological polar surface area (TPSA) is 59.5 Å². The number of hydrogen-bond acceptors (Lipinski definition) is 6. The summed E-state index contributed by atoms with van der Waals surface area (Å²) in [6, 6.07) is 2.76. The Morgan fingerprint density at radius 3 is 3.09 bits per heavy atom. The maximum atomic E-state index is 5.70. The molecule has 1 aliphatic heterocycles. The van der Waals surface area contributed by atoms with Crippen LogP contribution in [-0.2, 0) is 9.47 Å². The van der Waals surface area contributed by atoms with Crippen LogP contribution in [0.25, 0.3) is 0 Å². The molecule has 0 unspecified atom stereocenters. The molecule has 1 atom stereocenters. The van der Waals surface area contributed by atoms with Gasteiger partial charge in [-0.25, -0.2) is 9.97 Å². The average molecular weight is 306 g/mol. The summed E-state index contributed by atoms with van der Waals surface area (Å²) in [6.07, 6.45) is 7.10. The summed E-state index contributed by atoms with van der Waals surface area (Å²) in [7, 11) is 1.70. The van der Waals surface area contributed by atoms with Crippen molar-refractivity contribution >= 4 is 5.82 Å². The fourth-order valence-electron chi connectivity index (χ4n) is 3.43. The molecule has 6 heteroatoms. The summed E-state index contributed by atoms with van der Waals surface area (Å²) in [6.45, 7) is 3.91. The minimum absolute atomic E-state index is 0.182. The van der Waals surface area contributed by atoms with Gasteiger partial charge in [0, 0.05) is 32.4 Å². The van der Waals surface area contributed by atoms with Crippen LogP contribution in [0.4, 0.5) is 5.82 Å². The molecule has 2 aliphatic rings. The molecule has 122 valence electrons. The number of hydrogen-bond donors (Lipinski definition) is 1. The Labute approximate surface area is 132 Å². The number of nitrogens with one attached hydrogen (secondary N) is 1. The highest BCUT2D eigenvalue weighted by molar-refractivity contribution is 5.33. The molecule has 1 saturated carbocycles. The molecule has 6 nitrogen and oxygen atoms in total. The zero-order valence-electron chi connectivity index (χ0n) is 13.3. The first-order valence-electron chi connectivity index (χ1n) is 8.27. The van der Waals surface area contributed by atoms with E-state index in [1.54, 1.807) is 7.11 Å². The number of anilines is 1. The maximum absolute atomic E-state index is 5.70. The van der Waals surface area contributed by atoms with Crippen LogP contribution in [0.2, 0.25) is 0 Å². The van der Waals surface area contributed by atoms with Gasteiger partial charge < -0.3 is 14.8 Å². The van der Waals surface area contributed by atoms with Crippen molar-refractivity contribution in [3.63, 3.8) is 0 Å². The Hall–Kier alpha value is -1.24. The Morgan fingerprint density at radius 1 is 1.41 bits per heavy atom. The van der Waals surface area contributed by atoms with Crippen LogP contribution in [-0.4, -0.2) is 60.9 Å². The van der Waals surface area contributed by atoms with E-state index < -0.39 is 0 Å². The van der Waals surface area contributed by atoms with E-state index in [0.29, 0.717) is 19.3 Å². The lowest BCUT2D eigenvalue weighted by Crippen LogP contribution is -2.45. The van der Waals surface area contributed by atoms with Gasteiger partial charge in [-0.05, 0) is 18.9 Å². The predicted octanol–water partition coefficient (Wildman–Crippen LogP) is 1.85. The predicted molar refractivity (Wildman–Crippen MR) is 84.9 cm³/mol. The second-order valence-corrected chi connectivity index (χ2v) is 5.99. The molecular weight excluding hydrogens is 280 g/mol. The standard InChI is InChI=1S/C16H26N4O2/c1-21-10-8-17-15-6-7-18-16(19-15)14-12-22-11-9-20(14)13-4-2-3-5-13/h6-7,13-14H,2-5,8-12H2,1H3,(H,17,18,19)/t14-/m1/s1. The zero-order chi connectivity index (χ0) is 15.2. The Balaban J connectivity index is 1.71. The van der Waals surface area contributed by atoms with E-state index in [-0.39, 0.29) is 6.04 Å². The van der Waals surface area contributed by atoms with E-state index in [9.17, 15) is 0 Å². The SMILES string of the molecule is COCCNc1ccnc([C@H]2COCCN2C2CCCC2)n1. The van der Waals surface area contributed by atoms with Gasteiger partial charge >= 0.3 is 0 Å². The molecule has 1 saturated heterocycles. The van der Waals surface area contributed by atoms with Crippen LogP contribution in [0.3, 0.4) is 0 Å². The number of nitrogens with zero attached hydrogens (tertiary/aromatic N) is 3. The van der Waals surface area contributed by atoms with Crippen molar-refractivity contribution in [2.24, 2.45) is 0 Å². The molecule has 22 heavy (non-hydrogen) atoms. The van der Waals surface area contributed by atoms with Crippen molar-refractivity contribution in [1.82, 2.24) is 14.9 Å². The van der Waals surface area contributed by atoms with Crippen molar-refractivity contribution in [2.75, 3.05) is 45.3 Å². The highest BCUT2D eigenvalue weighted by atomic mass is 16.5. The van der Waals surface area contributed by atoms with E-state index >= 15 is 0 Å². The smallest absolute Gasteiger partial charge is 0.150 e. The first kappa shape index (κ1) is 15.6. The summed E-state index contributed by atoms with van der Waals surface area (Å²) >= 11 is 0. The van der Waals surface area contributed by atoms with Crippen molar-refractivity contribution < 1.29 is 9.47 Å². The summed E-state index contributed by atoms with van der Waals surface area (Å²) < 4.78 is 10.8. The first-order valence-corrected chi connectivity index (χ1v) is 8.27. The van der Waals surface area contributed by atoms with Crippen LogP contribution in [0.15, 0.2) is 12.3 Å². The average Bonchev–Trinajstić information content (AvgIpc) is 3.10. The third kappa shape index (κ3) is 3.74. The third-order valence-electron chi connectivity index (χ3n) is 4.55. The number of morpholine rings is 1. The lowest BCUT2D eigenvalue weighted by Gasteiger charge is -2.38. The van der Waals surface area contributed by atoms with E-state index in [4.69, 9.17) is 14.5 Å². The largest absolute Gasteiger partial charge is 0.383 e. The number of methoxy groups -OCH3 is 1. The van der Waals surface area contributed by atoms with E-state index in [1.165, 1.54) is 25.7 Å². The van der Waals surface area contributed by atoms with Gasteiger partial charge in [-0.15, -0.1) is 0 Å². The molecule has 0 amide bonds. The normalized spacial score (nSPS) is 23.8. The van der Waals surface area contributed by atoms with Crippen molar-refractivity contribution in [1.29, 1.82) is 0 Å². The molecule has 0 bridgehead atoms. The molecule has 0 radical (unpaired) electrons. The van der Waals surface area contributed by atoms with Crippen molar-refractivity contribution in [3.05, 3.63) is 18.1 Å². The number of rotatable bonds is 6. The van der Waals surface area contributed by atoms with Gasteiger partial charge in [0.2, 0.25) is 0 Å². The van der Waals surface area contributed by atoms with Crippen LogP contribution in [0.5, 0.6) is 0 Å². The van der Waals surface area contributed by atoms with Crippen LogP contribution < -0.4 is 5.32 Å². The van der Waals surface area contributed by atoms with E-state index in [1.807, 2.05) is 12.3 Å². The van der Waals surface area contributed by atoms with Gasteiger partial charge in [0.05, 0.1) is 25.9 Å². The quantitative estimate of drug-likeness (QED) is 0.810. The second-order valence-electron chi connectivity index (χ2n) is 5.99. The van der Waals surface area contributed by atoms with Gasteiger partial charge in [0.1, 0.15) is 11.6 Å². The molecule has 0 spiro atoms. The number of aromatic nitrogens is 2. The van der Waals surface area contributed by atoms with E-state index in [2.05, 4.69) is 15.2 Å². The molecule has 1 N–H and O–H groups in total. The van der Waals surface area contributed by atoms with Gasteiger partial charge in [-0.1, -0.05) is 12.8 Å². The molecule has 1 aromatic heterocycles. The van der Waals surface area contributed by atoms with Gasteiger partial charge in [-0.2, -0.15) is 0 Å². The molecule has 1 aliphatic carbocycles. The lowest BCUT2D eigenvalue weighted by molar-refractivity contribution is -0.0320. The number of ether oxygens (including phenoxy) is 2. The van der Waals surface area contributed by atoms with Crippen LogP contribution in [0, 0.1) is 0 Å². The monoisotopic (exact) mass is 306 g/mol. The summed E-state index contributed by atoms with van der Waals surface area (Å²) in [5.74, 6) is 1.73. The zero-order valence-corrected chi connectivity index (χ0v) is 13.3. The van der Waals surface area contributed by atoms with E-state index in [0.717, 1.165) is 31.3 Å². The summed E-state index contributed by atoms with van der Waals surface area (Å²) in [5.41, 5.74) is 0. The van der Waals surface area contributed by atoms with Crippen LogP contribution >= 0.6 is 0 Å². The van der Waals surface area contributed by atoms with Crippen molar-refractivity contribution in [2.45, 2.75) is 37.8 Å². The van der Waals surface area contributed by atoms with Gasteiger partial charge in [0.15, 0.2) is 0 Å². The van der Waals surface area contributed by atoms with Crippen LogP contribution in [0.1, 0.15) is 37.5 Å². The fraction of sp³-hybridized carbons (Fsp3) is 0.750. The molecule has 2 fully saturated rings. The first-order chi connectivity index (χ1) is 10.9. The summed E-state index contributed by atoms with van der Waals surface area (Å²) in [5, 5.41) is 3.27. The second kappa shape index (κ2) is 7.85. The minimum Gasteiger partial charge on any atom is -0.383 e. The fourth-order valence-corrected chi connectivity index (χ4v) is 3.43. The van der Waals surface area contributed by atoms with Gasteiger partial charge in [-0.3, -0.25) is 4.90 Å². The molecule has 1 aromatic rings. The lowest BCUT2D eigenvalue weighted by atomic mass is 10.1. The highest BCUT2D eigenvalue weighted by Crippen LogP contribution is 2.31. The minimum atomic E-state index is 0.182. The molecule has 2 heterocycles. The Kier molecular flexibility index (Phi) is 5.58. The highest BCUT2D eigenvalue weighted by Gasteiger charge is 2.33. The Morgan fingerprint density at radius 2 is 2.27 bits per heavy atom. The molecule has 0 aromatic carbocycles.